The van der Waals surface area contributed by atoms with Gasteiger partial charge in [0, 0.05) is 46.2 Å². The molecule has 0 radical (unpaired) electrons. The second-order valence-electron chi connectivity index (χ2n) is 5.85. The third-order valence-corrected chi connectivity index (χ3v) is 3.48. The molecule has 0 spiro atoms. The van der Waals surface area contributed by atoms with Gasteiger partial charge in [0.1, 0.15) is 5.75 Å². The van der Waals surface area contributed by atoms with Crippen molar-refractivity contribution in [1.29, 1.82) is 0 Å². The van der Waals surface area contributed by atoms with Crippen molar-refractivity contribution in [2.24, 2.45) is 4.99 Å². The molecule has 0 atom stereocenters. The van der Waals surface area contributed by atoms with E-state index in [2.05, 4.69) is 47.7 Å². The molecule has 0 fully saturated rings. The van der Waals surface area contributed by atoms with Crippen LogP contribution in [-0.2, 0) is 11.3 Å². The molecule has 1 amide bonds. The van der Waals surface area contributed by atoms with Gasteiger partial charge in [-0.2, -0.15) is 0 Å². The zero-order valence-electron chi connectivity index (χ0n) is 15.5. The fourth-order valence-electron chi connectivity index (χ4n) is 2.07. The molecule has 0 aromatic heterocycles. The lowest BCUT2D eigenvalue weighted by molar-refractivity contribution is -0.128. The summed E-state index contributed by atoms with van der Waals surface area (Å²) in [5, 5.41) is 6.41. The summed E-state index contributed by atoms with van der Waals surface area (Å²) in [6, 6.07) is 6.19. The van der Waals surface area contributed by atoms with Crippen molar-refractivity contribution in [2.45, 2.75) is 33.2 Å². The number of nitrogens with zero attached hydrogens (tertiary/aromatic N) is 2. The summed E-state index contributed by atoms with van der Waals surface area (Å²) in [7, 11) is 5.22. The summed E-state index contributed by atoms with van der Waals surface area (Å²) in [5.41, 5.74) is 2.26. The van der Waals surface area contributed by atoms with E-state index in [1.165, 1.54) is 5.56 Å². The number of nitrogens with one attached hydrogen (secondary N) is 2. The molecule has 6 heteroatoms. The topological polar surface area (TPSA) is 66.0 Å². The first-order chi connectivity index (χ1) is 11.5. The molecule has 0 unspecified atom stereocenters. The first-order valence-corrected chi connectivity index (χ1v) is 8.35. The number of hydrogen-bond donors (Lipinski definition) is 2. The van der Waals surface area contributed by atoms with E-state index in [1.807, 2.05) is 0 Å². The maximum Gasteiger partial charge on any atom is 0.223 e. The van der Waals surface area contributed by atoms with Crippen molar-refractivity contribution < 1.29 is 9.53 Å². The molecule has 0 bridgehead atoms. The molecule has 0 saturated carbocycles. The van der Waals surface area contributed by atoms with Crippen molar-refractivity contribution in [2.75, 3.05) is 34.3 Å². The normalized spacial score (nSPS) is 11.1. The van der Waals surface area contributed by atoms with E-state index in [1.54, 1.807) is 26.0 Å². The van der Waals surface area contributed by atoms with Gasteiger partial charge in [-0.1, -0.05) is 19.1 Å². The van der Waals surface area contributed by atoms with Gasteiger partial charge < -0.3 is 20.3 Å². The standard InChI is InChI=1S/C18H30N4O2/c1-6-11-24-16-12-14(2)7-8-15(16)13-21-18(19-3)20-10-9-17(23)22(4)5/h7-8,12H,6,9-11,13H2,1-5H3,(H2,19,20,21). The van der Waals surface area contributed by atoms with E-state index in [0.717, 1.165) is 17.7 Å². The van der Waals surface area contributed by atoms with Crippen LogP contribution in [0.5, 0.6) is 5.75 Å². The van der Waals surface area contributed by atoms with Crippen LogP contribution in [0.4, 0.5) is 0 Å². The number of guanidine groups is 1. The maximum absolute atomic E-state index is 11.6. The Balaban J connectivity index is 2.55. The van der Waals surface area contributed by atoms with Gasteiger partial charge in [-0.15, -0.1) is 0 Å². The number of ether oxygens (including phenoxy) is 1. The molecule has 24 heavy (non-hydrogen) atoms. The smallest absolute Gasteiger partial charge is 0.223 e. The highest BCUT2D eigenvalue weighted by Gasteiger charge is 2.07. The highest BCUT2D eigenvalue weighted by molar-refractivity contribution is 5.81. The van der Waals surface area contributed by atoms with Crippen molar-refractivity contribution in [3.63, 3.8) is 0 Å². The largest absolute Gasteiger partial charge is 0.493 e. The number of carbonyl (C=O) groups excluding carboxylic acids is 1. The molecular weight excluding hydrogens is 304 g/mol. The molecule has 0 aliphatic rings. The summed E-state index contributed by atoms with van der Waals surface area (Å²) >= 11 is 0. The molecule has 6 nitrogen and oxygen atoms in total. The second kappa shape index (κ2) is 10.5. The minimum absolute atomic E-state index is 0.0896. The maximum atomic E-state index is 11.6. The number of carbonyl (C=O) groups is 1. The SMILES string of the molecule is CCCOc1cc(C)ccc1CNC(=NC)NCCC(=O)N(C)C. The summed E-state index contributed by atoms with van der Waals surface area (Å²) in [6.07, 6.45) is 1.41. The summed E-state index contributed by atoms with van der Waals surface area (Å²) in [4.78, 5) is 17.3. The lowest BCUT2D eigenvalue weighted by Crippen LogP contribution is -2.38. The molecular formula is C18H30N4O2. The van der Waals surface area contributed by atoms with Gasteiger partial charge in [-0.05, 0) is 25.0 Å². The minimum Gasteiger partial charge on any atom is -0.493 e. The quantitative estimate of drug-likeness (QED) is 0.563. The predicted octanol–water partition coefficient (Wildman–Crippen LogP) is 1.93. The number of hydrogen-bond acceptors (Lipinski definition) is 3. The molecule has 0 aliphatic heterocycles. The Kier molecular flexibility index (Phi) is 8.68. The number of amides is 1. The highest BCUT2D eigenvalue weighted by atomic mass is 16.5. The van der Waals surface area contributed by atoms with Gasteiger partial charge in [0.05, 0.1) is 6.61 Å². The van der Waals surface area contributed by atoms with Gasteiger partial charge in [0.2, 0.25) is 5.91 Å². The zero-order valence-corrected chi connectivity index (χ0v) is 15.5. The van der Waals surface area contributed by atoms with Crippen LogP contribution in [0, 0.1) is 6.92 Å². The van der Waals surface area contributed by atoms with Crippen LogP contribution in [0.1, 0.15) is 30.9 Å². The first kappa shape index (κ1) is 19.8. The van der Waals surface area contributed by atoms with Crippen molar-refractivity contribution >= 4 is 11.9 Å². The lowest BCUT2D eigenvalue weighted by atomic mass is 10.1. The van der Waals surface area contributed by atoms with Gasteiger partial charge in [-0.3, -0.25) is 9.79 Å². The number of benzene rings is 1. The third kappa shape index (κ3) is 6.89. The Labute approximate surface area is 145 Å². The van der Waals surface area contributed by atoms with Crippen LogP contribution in [-0.4, -0.2) is 51.1 Å². The molecule has 0 saturated heterocycles. The molecule has 0 heterocycles. The van der Waals surface area contributed by atoms with Crippen LogP contribution in [0.3, 0.4) is 0 Å². The Morgan fingerprint density at radius 3 is 2.67 bits per heavy atom. The second-order valence-corrected chi connectivity index (χ2v) is 5.85. The van der Waals surface area contributed by atoms with Crippen LogP contribution >= 0.6 is 0 Å². The molecule has 134 valence electrons. The van der Waals surface area contributed by atoms with E-state index in [-0.39, 0.29) is 5.91 Å². The van der Waals surface area contributed by atoms with E-state index in [4.69, 9.17) is 4.74 Å². The Morgan fingerprint density at radius 2 is 2.04 bits per heavy atom. The van der Waals surface area contributed by atoms with Crippen molar-refractivity contribution in [3.8, 4) is 5.75 Å². The number of aryl methyl sites for hydroxylation is 1. The van der Waals surface area contributed by atoms with Gasteiger partial charge in [0.25, 0.3) is 0 Å². The van der Waals surface area contributed by atoms with Gasteiger partial charge in [0.15, 0.2) is 5.96 Å². The average Bonchev–Trinajstić information content (AvgIpc) is 2.56. The highest BCUT2D eigenvalue weighted by Crippen LogP contribution is 2.20. The molecule has 2 N–H and O–H groups in total. The van der Waals surface area contributed by atoms with E-state index < -0.39 is 0 Å². The monoisotopic (exact) mass is 334 g/mol. The van der Waals surface area contributed by atoms with Crippen LogP contribution in [0.2, 0.25) is 0 Å². The molecule has 1 aromatic carbocycles. The predicted molar refractivity (Wildman–Crippen MR) is 98.5 cm³/mol. The van der Waals surface area contributed by atoms with Gasteiger partial charge >= 0.3 is 0 Å². The molecule has 0 aliphatic carbocycles. The summed E-state index contributed by atoms with van der Waals surface area (Å²) in [5.74, 6) is 1.66. The first-order valence-electron chi connectivity index (χ1n) is 8.35. The Morgan fingerprint density at radius 1 is 1.29 bits per heavy atom. The van der Waals surface area contributed by atoms with E-state index in [9.17, 15) is 4.79 Å². The summed E-state index contributed by atoms with van der Waals surface area (Å²) < 4.78 is 5.82. The number of rotatable bonds is 8. The summed E-state index contributed by atoms with van der Waals surface area (Å²) in [6.45, 7) is 6.01. The molecule has 1 rings (SSSR count). The van der Waals surface area contributed by atoms with E-state index >= 15 is 0 Å². The zero-order chi connectivity index (χ0) is 17.9. The van der Waals surface area contributed by atoms with E-state index in [0.29, 0.717) is 32.1 Å². The average molecular weight is 334 g/mol. The minimum atomic E-state index is 0.0896. The van der Waals surface area contributed by atoms with Crippen LogP contribution in [0.15, 0.2) is 23.2 Å². The van der Waals surface area contributed by atoms with Crippen molar-refractivity contribution in [1.82, 2.24) is 15.5 Å². The van der Waals surface area contributed by atoms with Crippen LogP contribution < -0.4 is 15.4 Å². The fourth-order valence-corrected chi connectivity index (χ4v) is 2.07. The van der Waals surface area contributed by atoms with Gasteiger partial charge in [-0.25, -0.2) is 0 Å². The fraction of sp³-hybridized carbons (Fsp3) is 0.556. The molecule has 1 aromatic rings. The number of aliphatic imine (C=N–C) groups is 1. The Bertz CT molecular complexity index is 556. The Hall–Kier alpha value is -2.24. The van der Waals surface area contributed by atoms with Crippen LogP contribution in [0.25, 0.3) is 0 Å². The lowest BCUT2D eigenvalue weighted by Gasteiger charge is -2.16. The third-order valence-electron chi connectivity index (χ3n) is 3.48. The van der Waals surface area contributed by atoms with Crippen molar-refractivity contribution in [3.05, 3.63) is 29.3 Å².